The molecule has 0 aliphatic carbocycles. The van der Waals surface area contributed by atoms with Crippen LogP contribution >= 0.6 is 0 Å². The number of ether oxygens (including phenoxy) is 1. The average molecular weight is 318 g/mol. The van der Waals surface area contributed by atoms with Crippen molar-refractivity contribution in [2.45, 2.75) is 32.6 Å². The zero-order valence-corrected chi connectivity index (χ0v) is 13.5. The first kappa shape index (κ1) is 15.8. The van der Waals surface area contributed by atoms with E-state index in [9.17, 15) is 14.0 Å². The summed E-state index contributed by atoms with van der Waals surface area (Å²) in [4.78, 5) is 29.1. The first-order valence-corrected chi connectivity index (χ1v) is 7.70. The zero-order chi connectivity index (χ0) is 16.7. The predicted molar refractivity (Wildman–Crippen MR) is 84.5 cm³/mol. The number of benzene rings is 1. The Bertz CT molecular complexity index is 851. The summed E-state index contributed by atoms with van der Waals surface area (Å²) in [5.41, 5.74) is 0.302. The van der Waals surface area contributed by atoms with Crippen LogP contribution in [-0.4, -0.2) is 28.5 Å². The highest BCUT2D eigenvalue weighted by atomic mass is 19.1. The molecule has 0 amide bonds. The van der Waals surface area contributed by atoms with Crippen molar-refractivity contribution in [2.24, 2.45) is 7.05 Å². The van der Waals surface area contributed by atoms with Gasteiger partial charge < -0.3 is 4.74 Å². The number of halogens is 1. The predicted octanol–water partition coefficient (Wildman–Crippen LogP) is 2.48. The highest BCUT2D eigenvalue weighted by Crippen LogP contribution is 2.28. The molecular weight excluding hydrogens is 299 g/mol. The van der Waals surface area contributed by atoms with Gasteiger partial charge in [0, 0.05) is 31.7 Å². The Morgan fingerprint density at radius 2 is 2.04 bits per heavy atom. The van der Waals surface area contributed by atoms with Crippen LogP contribution in [-0.2, 0) is 11.8 Å². The molecule has 0 N–H and O–H groups in total. The van der Waals surface area contributed by atoms with Gasteiger partial charge in [0.05, 0.1) is 5.52 Å². The number of hydrogen-bond acceptors (Lipinski definition) is 4. The minimum absolute atomic E-state index is 0.0787. The summed E-state index contributed by atoms with van der Waals surface area (Å²) in [5, 5.41) is -0.103. The fourth-order valence-electron chi connectivity index (χ4n) is 3.15. The monoisotopic (exact) mass is 318 g/mol. The van der Waals surface area contributed by atoms with Crippen LogP contribution in [0.15, 0.2) is 10.9 Å². The Balaban J connectivity index is 2.35. The highest BCUT2D eigenvalue weighted by Gasteiger charge is 2.24. The van der Waals surface area contributed by atoms with Crippen LogP contribution in [0.25, 0.3) is 10.9 Å². The molecule has 1 aromatic carbocycles. The number of aromatic nitrogens is 2. The lowest BCUT2D eigenvalue weighted by Crippen LogP contribution is -2.28. The average Bonchev–Trinajstić information content (AvgIpc) is 2.54. The van der Waals surface area contributed by atoms with E-state index in [0.29, 0.717) is 24.6 Å². The van der Waals surface area contributed by atoms with Gasteiger partial charge in [0.25, 0.3) is 5.56 Å². The Kier molecular flexibility index (Phi) is 4.02. The third-order valence-corrected chi connectivity index (χ3v) is 4.47. The molecule has 1 fully saturated rings. The van der Waals surface area contributed by atoms with Gasteiger partial charge in [0.2, 0.25) is 0 Å². The van der Waals surface area contributed by atoms with Crippen LogP contribution in [0.3, 0.4) is 0 Å². The molecule has 23 heavy (non-hydrogen) atoms. The first-order valence-electron chi connectivity index (χ1n) is 7.70. The molecule has 1 saturated heterocycles. The lowest BCUT2D eigenvalue weighted by molar-refractivity contribution is 0.0828. The lowest BCUT2D eigenvalue weighted by atomic mass is 9.97. The fourth-order valence-corrected chi connectivity index (χ4v) is 3.15. The summed E-state index contributed by atoms with van der Waals surface area (Å²) < 4.78 is 21.2. The van der Waals surface area contributed by atoms with E-state index < -0.39 is 11.4 Å². The van der Waals surface area contributed by atoms with Crippen LogP contribution in [0.5, 0.6) is 0 Å². The Hall–Kier alpha value is -2.08. The van der Waals surface area contributed by atoms with E-state index in [1.807, 2.05) is 0 Å². The van der Waals surface area contributed by atoms with Gasteiger partial charge in [0.15, 0.2) is 5.78 Å². The minimum Gasteiger partial charge on any atom is -0.381 e. The SMILES string of the molecule is CC(=O)c1cc(C)c(F)c2c(=O)n(C)c(C3CCOCC3)nc12. The largest absolute Gasteiger partial charge is 0.381 e. The quantitative estimate of drug-likeness (QED) is 0.798. The molecule has 5 nitrogen and oxygen atoms in total. The van der Waals surface area contributed by atoms with Crippen molar-refractivity contribution < 1.29 is 13.9 Å². The topological polar surface area (TPSA) is 61.2 Å². The van der Waals surface area contributed by atoms with Gasteiger partial charge in [-0.15, -0.1) is 0 Å². The number of rotatable bonds is 2. The van der Waals surface area contributed by atoms with Gasteiger partial charge >= 0.3 is 0 Å². The highest BCUT2D eigenvalue weighted by molar-refractivity contribution is 6.05. The fraction of sp³-hybridized carbons (Fsp3) is 0.471. The molecule has 1 aliphatic rings. The van der Waals surface area contributed by atoms with Crippen molar-refractivity contribution in [3.05, 3.63) is 39.2 Å². The standard InChI is InChI=1S/C17H19FN2O3/c1-9-8-12(10(2)21)15-13(14(9)18)17(22)20(3)16(19-15)11-4-6-23-7-5-11/h8,11H,4-7H2,1-3H3. The third-order valence-electron chi connectivity index (χ3n) is 4.47. The molecule has 0 saturated carbocycles. The Morgan fingerprint density at radius 1 is 1.39 bits per heavy atom. The van der Waals surface area contributed by atoms with Crippen molar-refractivity contribution in [1.82, 2.24) is 9.55 Å². The molecule has 0 atom stereocenters. The van der Waals surface area contributed by atoms with E-state index in [4.69, 9.17) is 4.74 Å². The van der Waals surface area contributed by atoms with E-state index in [-0.39, 0.29) is 28.2 Å². The van der Waals surface area contributed by atoms with Gasteiger partial charge in [-0.2, -0.15) is 0 Å². The second kappa shape index (κ2) is 5.85. The second-order valence-corrected chi connectivity index (χ2v) is 6.06. The van der Waals surface area contributed by atoms with E-state index in [1.165, 1.54) is 17.6 Å². The molecule has 0 bridgehead atoms. The van der Waals surface area contributed by atoms with E-state index in [0.717, 1.165) is 12.8 Å². The van der Waals surface area contributed by atoms with Gasteiger partial charge in [-0.05, 0) is 38.3 Å². The molecule has 0 spiro atoms. The van der Waals surface area contributed by atoms with Gasteiger partial charge in [-0.3, -0.25) is 14.2 Å². The summed E-state index contributed by atoms with van der Waals surface area (Å²) in [6, 6.07) is 1.47. The second-order valence-electron chi connectivity index (χ2n) is 6.06. The maximum absolute atomic E-state index is 14.5. The number of aryl methyl sites for hydroxylation is 1. The van der Waals surface area contributed by atoms with Crippen LogP contribution in [0.4, 0.5) is 4.39 Å². The molecule has 1 aromatic heterocycles. The van der Waals surface area contributed by atoms with E-state index in [2.05, 4.69) is 4.98 Å². The molecule has 6 heteroatoms. The van der Waals surface area contributed by atoms with Gasteiger partial charge in [0.1, 0.15) is 17.0 Å². The summed E-state index contributed by atoms with van der Waals surface area (Å²) >= 11 is 0. The van der Waals surface area contributed by atoms with Crippen molar-refractivity contribution in [3.8, 4) is 0 Å². The number of hydrogen-bond donors (Lipinski definition) is 0. The Morgan fingerprint density at radius 3 is 2.65 bits per heavy atom. The molecular formula is C17H19FN2O3. The smallest absolute Gasteiger partial charge is 0.264 e. The Labute approximate surface area is 133 Å². The number of fused-ring (bicyclic) bond motifs is 1. The van der Waals surface area contributed by atoms with Gasteiger partial charge in [-0.1, -0.05) is 0 Å². The minimum atomic E-state index is -0.600. The van der Waals surface area contributed by atoms with Crippen LogP contribution < -0.4 is 5.56 Å². The van der Waals surface area contributed by atoms with Crippen LogP contribution in [0, 0.1) is 12.7 Å². The molecule has 0 unspecified atom stereocenters. The molecule has 122 valence electrons. The lowest BCUT2D eigenvalue weighted by Gasteiger charge is -2.24. The summed E-state index contributed by atoms with van der Waals surface area (Å²) in [7, 11) is 1.61. The molecule has 2 aromatic rings. The maximum atomic E-state index is 14.5. The maximum Gasteiger partial charge on any atom is 0.264 e. The number of carbonyl (C=O) groups is 1. The van der Waals surface area contributed by atoms with Crippen molar-refractivity contribution in [3.63, 3.8) is 0 Å². The number of Topliss-reactive ketones (excluding diaryl/α,β-unsaturated/α-hetero) is 1. The molecule has 2 heterocycles. The zero-order valence-electron chi connectivity index (χ0n) is 13.5. The van der Waals surface area contributed by atoms with Crippen LogP contribution in [0.2, 0.25) is 0 Å². The number of nitrogens with zero attached hydrogens (tertiary/aromatic N) is 2. The molecule has 0 radical (unpaired) electrons. The molecule has 3 rings (SSSR count). The number of carbonyl (C=O) groups excluding carboxylic acids is 1. The molecule has 1 aliphatic heterocycles. The van der Waals surface area contributed by atoms with Crippen LogP contribution in [0.1, 0.15) is 47.4 Å². The third kappa shape index (κ3) is 2.57. The van der Waals surface area contributed by atoms with E-state index >= 15 is 0 Å². The normalized spacial score (nSPS) is 16.0. The van der Waals surface area contributed by atoms with Gasteiger partial charge in [-0.25, -0.2) is 9.37 Å². The summed E-state index contributed by atoms with van der Waals surface area (Å²) in [5.74, 6) is -0.153. The van der Waals surface area contributed by atoms with Crippen molar-refractivity contribution in [1.29, 1.82) is 0 Å². The van der Waals surface area contributed by atoms with Crippen molar-refractivity contribution in [2.75, 3.05) is 13.2 Å². The number of ketones is 1. The van der Waals surface area contributed by atoms with Crippen molar-refractivity contribution >= 4 is 16.7 Å². The summed E-state index contributed by atoms with van der Waals surface area (Å²) in [6.45, 7) is 4.17. The summed E-state index contributed by atoms with van der Waals surface area (Å²) in [6.07, 6.45) is 1.52. The first-order chi connectivity index (χ1) is 10.9. The van der Waals surface area contributed by atoms with E-state index in [1.54, 1.807) is 14.0 Å².